The van der Waals surface area contributed by atoms with Gasteiger partial charge >= 0.3 is 0 Å². The maximum absolute atomic E-state index is 13.4. The van der Waals surface area contributed by atoms with E-state index in [4.69, 9.17) is 18.9 Å². The molecule has 1 heterocycles. The number of amides is 1. The molecule has 3 aromatic rings. The highest BCUT2D eigenvalue weighted by Gasteiger charge is 2.32. The molecular weight excluding hydrogens is 430 g/mol. The van der Waals surface area contributed by atoms with E-state index in [-0.39, 0.29) is 11.9 Å². The number of hydrogen-bond acceptors (Lipinski definition) is 5. The summed E-state index contributed by atoms with van der Waals surface area (Å²) in [4.78, 5) is 15.3. The molecule has 1 amide bonds. The third kappa shape index (κ3) is 5.11. The number of para-hydroxylation sites is 2. The molecule has 0 saturated heterocycles. The van der Waals surface area contributed by atoms with Gasteiger partial charge in [0.25, 0.3) is 0 Å². The lowest BCUT2D eigenvalue weighted by atomic mass is 9.91. The van der Waals surface area contributed by atoms with Crippen LogP contribution in [0.3, 0.4) is 0 Å². The van der Waals surface area contributed by atoms with Crippen molar-refractivity contribution in [1.82, 2.24) is 4.90 Å². The van der Waals surface area contributed by atoms with Crippen LogP contribution >= 0.6 is 0 Å². The summed E-state index contributed by atoms with van der Waals surface area (Å²) in [5.74, 6) is 2.75. The SMILES string of the molecule is COc1cc2c(cc1OC)[C@H](COc1ccccc1OC)N(C(=O)CCc1ccccc1)CC2. The Kier molecular flexibility index (Phi) is 7.58. The summed E-state index contributed by atoms with van der Waals surface area (Å²) >= 11 is 0. The second-order valence-electron chi connectivity index (χ2n) is 8.21. The van der Waals surface area contributed by atoms with E-state index < -0.39 is 0 Å². The molecule has 0 spiro atoms. The van der Waals surface area contributed by atoms with Gasteiger partial charge in [0.05, 0.1) is 27.4 Å². The van der Waals surface area contributed by atoms with Crippen LogP contribution in [0.25, 0.3) is 0 Å². The summed E-state index contributed by atoms with van der Waals surface area (Å²) in [5.41, 5.74) is 3.31. The van der Waals surface area contributed by atoms with Crippen LogP contribution in [0.1, 0.15) is 29.2 Å². The molecule has 0 saturated carbocycles. The second kappa shape index (κ2) is 11.0. The number of fused-ring (bicyclic) bond motifs is 1. The minimum absolute atomic E-state index is 0.109. The molecule has 1 aliphatic heterocycles. The summed E-state index contributed by atoms with van der Waals surface area (Å²) < 4.78 is 22.7. The molecule has 6 heteroatoms. The quantitative estimate of drug-likeness (QED) is 0.456. The molecule has 3 aromatic carbocycles. The smallest absolute Gasteiger partial charge is 0.223 e. The summed E-state index contributed by atoms with van der Waals surface area (Å²) in [6, 6.07) is 21.4. The number of hydrogen-bond donors (Lipinski definition) is 0. The minimum atomic E-state index is -0.253. The van der Waals surface area contributed by atoms with Crippen LogP contribution < -0.4 is 18.9 Å². The van der Waals surface area contributed by atoms with Gasteiger partial charge in [-0.25, -0.2) is 0 Å². The maximum atomic E-state index is 13.4. The van der Waals surface area contributed by atoms with E-state index in [9.17, 15) is 4.79 Å². The highest BCUT2D eigenvalue weighted by Crippen LogP contribution is 2.39. The Hall–Kier alpha value is -3.67. The fourth-order valence-corrected chi connectivity index (χ4v) is 4.45. The van der Waals surface area contributed by atoms with Crippen molar-refractivity contribution in [2.75, 3.05) is 34.5 Å². The lowest BCUT2D eigenvalue weighted by molar-refractivity contribution is -0.134. The van der Waals surface area contributed by atoms with Crippen molar-refractivity contribution in [3.05, 3.63) is 83.4 Å². The van der Waals surface area contributed by atoms with Gasteiger partial charge in [0.1, 0.15) is 6.61 Å². The van der Waals surface area contributed by atoms with E-state index in [2.05, 4.69) is 12.1 Å². The standard InChI is InChI=1S/C28H31NO5/c1-31-24-11-7-8-12-25(24)34-19-23-22-18-27(33-3)26(32-2)17-21(22)15-16-29(23)28(30)14-13-20-9-5-4-6-10-20/h4-12,17-18,23H,13-16,19H2,1-3H3/t23-/m0/s1. The van der Waals surface area contributed by atoms with Crippen LogP contribution in [0.15, 0.2) is 66.7 Å². The highest BCUT2D eigenvalue weighted by molar-refractivity contribution is 5.77. The summed E-state index contributed by atoms with van der Waals surface area (Å²) in [5, 5.41) is 0. The molecule has 6 nitrogen and oxygen atoms in total. The van der Waals surface area contributed by atoms with Crippen molar-refractivity contribution >= 4 is 5.91 Å². The Morgan fingerprint density at radius 2 is 1.50 bits per heavy atom. The topological polar surface area (TPSA) is 57.2 Å². The molecule has 0 aromatic heterocycles. The number of carbonyl (C=O) groups excluding carboxylic acids is 1. The van der Waals surface area contributed by atoms with Gasteiger partial charge in [0.15, 0.2) is 23.0 Å². The zero-order valence-electron chi connectivity index (χ0n) is 20.0. The lowest BCUT2D eigenvalue weighted by Gasteiger charge is -2.38. The van der Waals surface area contributed by atoms with Crippen LogP contribution in [-0.4, -0.2) is 45.3 Å². The molecule has 4 rings (SSSR count). The number of aryl methyl sites for hydroxylation is 1. The number of benzene rings is 3. The average Bonchev–Trinajstić information content (AvgIpc) is 2.90. The van der Waals surface area contributed by atoms with Gasteiger partial charge in [0, 0.05) is 13.0 Å². The zero-order chi connectivity index (χ0) is 23.9. The Balaban J connectivity index is 1.61. The Bertz CT molecular complexity index is 1120. The first-order valence-electron chi connectivity index (χ1n) is 11.5. The van der Waals surface area contributed by atoms with Gasteiger partial charge in [-0.3, -0.25) is 4.79 Å². The van der Waals surface area contributed by atoms with E-state index in [0.717, 1.165) is 23.1 Å². The van der Waals surface area contributed by atoms with Crippen LogP contribution in [-0.2, 0) is 17.6 Å². The van der Waals surface area contributed by atoms with Crippen molar-refractivity contribution in [1.29, 1.82) is 0 Å². The Labute approximate surface area is 201 Å². The lowest BCUT2D eigenvalue weighted by Crippen LogP contribution is -2.42. The van der Waals surface area contributed by atoms with Crippen LogP contribution in [0.2, 0.25) is 0 Å². The number of methoxy groups -OCH3 is 3. The van der Waals surface area contributed by atoms with E-state index >= 15 is 0 Å². The molecule has 1 atom stereocenters. The number of rotatable bonds is 9. The summed E-state index contributed by atoms with van der Waals surface area (Å²) in [7, 11) is 4.87. The van der Waals surface area contributed by atoms with Gasteiger partial charge in [-0.2, -0.15) is 0 Å². The summed E-state index contributed by atoms with van der Waals surface area (Å²) in [6.07, 6.45) is 1.89. The third-order valence-electron chi connectivity index (χ3n) is 6.26. The first kappa shape index (κ1) is 23.5. The molecule has 0 aliphatic carbocycles. The fraction of sp³-hybridized carbons (Fsp3) is 0.321. The van der Waals surface area contributed by atoms with Gasteiger partial charge in [-0.15, -0.1) is 0 Å². The number of carbonyl (C=O) groups is 1. The molecule has 0 radical (unpaired) electrons. The second-order valence-corrected chi connectivity index (χ2v) is 8.21. The largest absolute Gasteiger partial charge is 0.493 e. The fourth-order valence-electron chi connectivity index (χ4n) is 4.45. The number of ether oxygens (including phenoxy) is 4. The zero-order valence-corrected chi connectivity index (χ0v) is 20.0. The molecule has 34 heavy (non-hydrogen) atoms. The number of nitrogens with zero attached hydrogens (tertiary/aromatic N) is 1. The van der Waals surface area contributed by atoms with Gasteiger partial charge in [0.2, 0.25) is 5.91 Å². The molecule has 0 unspecified atom stereocenters. The highest BCUT2D eigenvalue weighted by atomic mass is 16.5. The average molecular weight is 462 g/mol. The van der Waals surface area contributed by atoms with Crippen LogP contribution in [0, 0.1) is 0 Å². The van der Waals surface area contributed by atoms with Crippen LogP contribution in [0.4, 0.5) is 0 Å². The van der Waals surface area contributed by atoms with E-state index in [1.54, 1.807) is 21.3 Å². The van der Waals surface area contributed by atoms with E-state index in [1.807, 2.05) is 59.5 Å². The molecule has 1 aliphatic rings. The van der Waals surface area contributed by atoms with Gasteiger partial charge in [-0.1, -0.05) is 42.5 Å². The predicted octanol–water partition coefficient (Wildman–Crippen LogP) is 4.85. The van der Waals surface area contributed by atoms with Gasteiger partial charge in [-0.05, 0) is 53.8 Å². The minimum Gasteiger partial charge on any atom is -0.493 e. The third-order valence-corrected chi connectivity index (χ3v) is 6.26. The summed E-state index contributed by atoms with van der Waals surface area (Å²) in [6.45, 7) is 0.927. The predicted molar refractivity (Wildman–Crippen MR) is 131 cm³/mol. The van der Waals surface area contributed by atoms with E-state index in [0.29, 0.717) is 49.0 Å². The van der Waals surface area contributed by atoms with Gasteiger partial charge < -0.3 is 23.8 Å². The van der Waals surface area contributed by atoms with Crippen molar-refractivity contribution in [2.45, 2.75) is 25.3 Å². The normalized spacial score (nSPS) is 14.8. The van der Waals surface area contributed by atoms with Crippen molar-refractivity contribution in [3.8, 4) is 23.0 Å². The van der Waals surface area contributed by atoms with Crippen LogP contribution in [0.5, 0.6) is 23.0 Å². The first-order valence-corrected chi connectivity index (χ1v) is 11.5. The van der Waals surface area contributed by atoms with E-state index in [1.165, 1.54) is 0 Å². The molecule has 0 fully saturated rings. The maximum Gasteiger partial charge on any atom is 0.223 e. The Morgan fingerprint density at radius 3 is 2.21 bits per heavy atom. The van der Waals surface area contributed by atoms with Crippen molar-refractivity contribution < 1.29 is 23.7 Å². The molecule has 0 N–H and O–H groups in total. The monoisotopic (exact) mass is 461 g/mol. The van der Waals surface area contributed by atoms with Crippen molar-refractivity contribution in [3.63, 3.8) is 0 Å². The first-order chi connectivity index (χ1) is 16.6. The van der Waals surface area contributed by atoms with Crippen molar-refractivity contribution in [2.24, 2.45) is 0 Å². The molecule has 0 bridgehead atoms. The molecule has 178 valence electrons. The Morgan fingerprint density at radius 1 is 0.853 bits per heavy atom. The molecular formula is C28H31NO5.